The molecule has 1 fully saturated rings. The van der Waals surface area contributed by atoms with E-state index in [0.29, 0.717) is 31.7 Å². The number of amides is 1. The first-order chi connectivity index (χ1) is 11.1. The largest absolute Gasteiger partial charge is 0.369 e. The standard InChI is InChI=1S/C16H17ClN4O2/c17-14-13(20-7-6-12(10-20)15(18)22)8-19-21(16(14)23)9-11-4-2-1-3-5-11/h1-5,8,12H,6-7,9-10H2,(H2,18,22). The van der Waals surface area contributed by atoms with Crippen LogP contribution in [-0.2, 0) is 11.3 Å². The van der Waals surface area contributed by atoms with E-state index in [0.717, 1.165) is 5.56 Å². The number of nitrogens with two attached hydrogens (primary N) is 1. The highest BCUT2D eigenvalue weighted by molar-refractivity contribution is 6.33. The molecule has 1 amide bonds. The number of aromatic nitrogens is 2. The molecule has 1 unspecified atom stereocenters. The van der Waals surface area contributed by atoms with E-state index in [1.807, 2.05) is 35.2 Å². The van der Waals surface area contributed by atoms with Gasteiger partial charge in [-0.15, -0.1) is 0 Å². The predicted octanol–water partition coefficient (Wildman–Crippen LogP) is 1.26. The highest BCUT2D eigenvalue weighted by Crippen LogP contribution is 2.27. The molecule has 1 saturated heterocycles. The minimum atomic E-state index is -0.337. The van der Waals surface area contributed by atoms with Gasteiger partial charge in [0.05, 0.1) is 24.3 Å². The normalized spacial score (nSPS) is 17.4. The number of carbonyl (C=O) groups is 1. The van der Waals surface area contributed by atoms with Crippen LogP contribution < -0.4 is 16.2 Å². The van der Waals surface area contributed by atoms with Crippen LogP contribution in [0.25, 0.3) is 0 Å². The van der Waals surface area contributed by atoms with Gasteiger partial charge < -0.3 is 10.6 Å². The molecule has 23 heavy (non-hydrogen) atoms. The second-order valence-electron chi connectivity index (χ2n) is 5.63. The van der Waals surface area contributed by atoms with Crippen molar-refractivity contribution in [1.82, 2.24) is 9.78 Å². The molecule has 0 saturated carbocycles. The van der Waals surface area contributed by atoms with Crippen molar-refractivity contribution in [3.8, 4) is 0 Å². The summed E-state index contributed by atoms with van der Waals surface area (Å²) in [6.45, 7) is 1.47. The zero-order chi connectivity index (χ0) is 16.4. The fourth-order valence-corrected chi connectivity index (χ4v) is 3.02. The Morgan fingerprint density at radius 2 is 2.09 bits per heavy atom. The molecule has 120 valence electrons. The van der Waals surface area contributed by atoms with Gasteiger partial charge in [-0.1, -0.05) is 41.9 Å². The quantitative estimate of drug-likeness (QED) is 0.913. The van der Waals surface area contributed by atoms with Gasteiger partial charge in [0.1, 0.15) is 5.02 Å². The Balaban J connectivity index is 1.84. The van der Waals surface area contributed by atoms with Gasteiger partial charge in [0.15, 0.2) is 0 Å². The summed E-state index contributed by atoms with van der Waals surface area (Å²) in [4.78, 5) is 25.6. The molecule has 2 aromatic rings. The van der Waals surface area contributed by atoms with E-state index in [1.54, 1.807) is 6.20 Å². The molecular formula is C16H17ClN4O2. The third kappa shape index (κ3) is 3.22. The molecule has 0 bridgehead atoms. The lowest BCUT2D eigenvalue weighted by atomic mass is 10.1. The smallest absolute Gasteiger partial charge is 0.287 e. The van der Waals surface area contributed by atoms with E-state index >= 15 is 0 Å². The molecule has 1 aliphatic heterocycles. The number of hydrogen-bond donors (Lipinski definition) is 1. The van der Waals surface area contributed by atoms with Crippen LogP contribution in [0.2, 0.25) is 5.02 Å². The molecule has 3 rings (SSSR count). The van der Waals surface area contributed by atoms with E-state index in [4.69, 9.17) is 17.3 Å². The van der Waals surface area contributed by atoms with Crippen LogP contribution in [0.4, 0.5) is 5.69 Å². The summed E-state index contributed by atoms with van der Waals surface area (Å²) in [5, 5.41) is 4.34. The first kappa shape index (κ1) is 15.6. The van der Waals surface area contributed by atoms with Gasteiger partial charge in [-0.05, 0) is 12.0 Å². The maximum atomic E-state index is 12.4. The fraction of sp³-hybridized carbons (Fsp3) is 0.312. The zero-order valence-corrected chi connectivity index (χ0v) is 13.2. The number of halogens is 1. The summed E-state index contributed by atoms with van der Waals surface area (Å²) in [5.74, 6) is -0.535. The summed E-state index contributed by atoms with van der Waals surface area (Å²) in [6, 6.07) is 9.58. The van der Waals surface area contributed by atoms with Crippen molar-refractivity contribution in [2.24, 2.45) is 11.7 Å². The number of nitrogens with zero attached hydrogens (tertiary/aromatic N) is 3. The summed E-state index contributed by atoms with van der Waals surface area (Å²) < 4.78 is 1.34. The van der Waals surface area contributed by atoms with Crippen molar-refractivity contribution in [1.29, 1.82) is 0 Å². The van der Waals surface area contributed by atoms with Gasteiger partial charge in [0.2, 0.25) is 5.91 Å². The fourth-order valence-electron chi connectivity index (χ4n) is 2.76. The second kappa shape index (κ2) is 6.42. The topological polar surface area (TPSA) is 81.2 Å². The minimum absolute atomic E-state index is 0.126. The monoisotopic (exact) mass is 332 g/mol. The van der Waals surface area contributed by atoms with Crippen LogP contribution in [0.3, 0.4) is 0 Å². The highest BCUT2D eigenvalue weighted by Gasteiger charge is 2.28. The molecule has 1 aliphatic rings. The number of rotatable bonds is 4. The molecule has 0 aliphatic carbocycles. The van der Waals surface area contributed by atoms with Crippen LogP contribution in [-0.4, -0.2) is 28.8 Å². The highest BCUT2D eigenvalue weighted by atomic mass is 35.5. The Morgan fingerprint density at radius 3 is 2.74 bits per heavy atom. The average molecular weight is 333 g/mol. The Morgan fingerprint density at radius 1 is 1.35 bits per heavy atom. The molecule has 6 nitrogen and oxygen atoms in total. The lowest BCUT2D eigenvalue weighted by Gasteiger charge is -2.19. The first-order valence-corrected chi connectivity index (χ1v) is 7.78. The molecule has 1 atom stereocenters. The van der Waals surface area contributed by atoms with E-state index < -0.39 is 0 Å². The van der Waals surface area contributed by atoms with Crippen LogP contribution in [0, 0.1) is 5.92 Å². The minimum Gasteiger partial charge on any atom is -0.369 e. The van der Waals surface area contributed by atoms with E-state index in [9.17, 15) is 9.59 Å². The second-order valence-corrected chi connectivity index (χ2v) is 6.00. The zero-order valence-electron chi connectivity index (χ0n) is 12.5. The van der Waals surface area contributed by atoms with Gasteiger partial charge in [-0.3, -0.25) is 9.59 Å². The molecule has 1 aromatic carbocycles. The number of hydrogen-bond acceptors (Lipinski definition) is 4. The van der Waals surface area contributed by atoms with Gasteiger partial charge >= 0.3 is 0 Å². The van der Waals surface area contributed by atoms with Crippen LogP contribution in [0.15, 0.2) is 41.3 Å². The average Bonchev–Trinajstić information content (AvgIpc) is 3.03. The van der Waals surface area contributed by atoms with Crippen molar-refractivity contribution < 1.29 is 4.79 Å². The molecule has 2 N–H and O–H groups in total. The summed E-state index contributed by atoms with van der Waals surface area (Å²) >= 11 is 6.24. The van der Waals surface area contributed by atoms with Crippen molar-refractivity contribution in [2.45, 2.75) is 13.0 Å². The van der Waals surface area contributed by atoms with Crippen LogP contribution >= 0.6 is 11.6 Å². The number of anilines is 1. The summed E-state index contributed by atoms with van der Waals surface area (Å²) in [5.41, 5.74) is 6.53. The number of benzene rings is 1. The van der Waals surface area contributed by atoms with Crippen molar-refractivity contribution in [3.63, 3.8) is 0 Å². The third-order valence-corrected chi connectivity index (χ3v) is 4.43. The maximum absolute atomic E-state index is 12.4. The molecule has 7 heteroatoms. The SMILES string of the molecule is NC(=O)C1CCN(c2cnn(Cc3ccccc3)c(=O)c2Cl)C1. The van der Waals surface area contributed by atoms with Gasteiger partial charge in [0, 0.05) is 13.1 Å². The van der Waals surface area contributed by atoms with Crippen LogP contribution in [0.1, 0.15) is 12.0 Å². The lowest BCUT2D eigenvalue weighted by Crippen LogP contribution is -2.30. The van der Waals surface area contributed by atoms with E-state index in [2.05, 4.69) is 5.10 Å². The number of carbonyl (C=O) groups excluding carboxylic acids is 1. The van der Waals surface area contributed by atoms with E-state index in [-0.39, 0.29) is 22.4 Å². The maximum Gasteiger partial charge on any atom is 0.287 e. The number of primary amides is 1. The molecule has 0 radical (unpaired) electrons. The molecule has 0 spiro atoms. The van der Waals surface area contributed by atoms with Crippen LogP contribution in [0.5, 0.6) is 0 Å². The molecule has 2 heterocycles. The Hall–Kier alpha value is -2.34. The van der Waals surface area contributed by atoms with Crippen molar-refractivity contribution in [2.75, 3.05) is 18.0 Å². The molecular weight excluding hydrogens is 316 g/mol. The Kier molecular flexibility index (Phi) is 4.34. The molecule has 1 aromatic heterocycles. The predicted molar refractivity (Wildman–Crippen MR) is 88.6 cm³/mol. The van der Waals surface area contributed by atoms with Gasteiger partial charge in [0.25, 0.3) is 5.56 Å². The van der Waals surface area contributed by atoms with Crippen molar-refractivity contribution in [3.05, 3.63) is 57.5 Å². The van der Waals surface area contributed by atoms with Gasteiger partial charge in [-0.25, -0.2) is 4.68 Å². The van der Waals surface area contributed by atoms with Gasteiger partial charge in [-0.2, -0.15) is 5.10 Å². The summed E-state index contributed by atoms with van der Waals surface area (Å²) in [7, 11) is 0. The summed E-state index contributed by atoms with van der Waals surface area (Å²) in [6.07, 6.45) is 2.24. The Labute approximate surface area is 138 Å². The lowest BCUT2D eigenvalue weighted by molar-refractivity contribution is -0.121. The Bertz CT molecular complexity index is 775. The van der Waals surface area contributed by atoms with Crippen molar-refractivity contribution >= 4 is 23.2 Å². The third-order valence-electron chi connectivity index (χ3n) is 4.07. The van der Waals surface area contributed by atoms with E-state index in [1.165, 1.54) is 4.68 Å². The first-order valence-electron chi connectivity index (χ1n) is 7.40.